The fourth-order valence-electron chi connectivity index (χ4n) is 7.48. The van der Waals surface area contributed by atoms with Crippen molar-refractivity contribution >= 4 is 27.5 Å². The number of alkyl halides is 2. The quantitative estimate of drug-likeness (QED) is 0.146. The average molecular weight is 686 g/mol. The lowest BCUT2D eigenvalue weighted by Gasteiger charge is -2.44. The van der Waals surface area contributed by atoms with Gasteiger partial charge in [0, 0.05) is 49.8 Å². The second-order valence-corrected chi connectivity index (χ2v) is 13.9. The van der Waals surface area contributed by atoms with Crippen LogP contribution in [-0.4, -0.2) is 90.7 Å². The summed E-state index contributed by atoms with van der Waals surface area (Å²) >= 11 is 0. The van der Waals surface area contributed by atoms with E-state index in [4.69, 9.17) is 14.2 Å². The Labute approximate surface area is 283 Å². The Morgan fingerprint density at radius 1 is 1.08 bits per heavy atom. The molecule has 4 aromatic rings. The first-order valence-electron chi connectivity index (χ1n) is 16.6. The number of benzene rings is 2. The Hall–Kier alpha value is -3.81. The van der Waals surface area contributed by atoms with Crippen LogP contribution in [0.5, 0.6) is 11.8 Å². The Bertz CT molecular complexity index is 1840. The van der Waals surface area contributed by atoms with Gasteiger partial charge in [0.05, 0.1) is 17.6 Å². The van der Waals surface area contributed by atoms with E-state index in [1.165, 1.54) is 19.4 Å². The van der Waals surface area contributed by atoms with Crippen LogP contribution in [0.1, 0.15) is 45.6 Å². The molecule has 2 saturated heterocycles. The van der Waals surface area contributed by atoms with Gasteiger partial charge in [-0.2, -0.15) is 9.97 Å². The molecule has 1 N–H and O–H groups in total. The zero-order valence-electron chi connectivity index (χ0n) is 28.5. The highest BCUT2D eigenvalue weighted by molar-refractivity contribution is 6.01. The fourth-order valence-corrected chi connectivity index (χ4v) is 7.48. The molecule has 4 heterocycles. The Morgan fingerprint density at radius 2 is 1.88 bits per heavy atom. The topological polar surface area (TPSA) is 93.1 Å². The molecule has 9 nitrogen and oxygen atoms in total. The molecule has 0 aliphatic carbocycles. The summed E-state index contributed by atoms with van der Waals surface area (Å²) < 4.78 is 77.4. The normalized spacial score (nSPS) is 23.5. The van der Waals surface area contributed by atoms with E-state index in [-0.39, 0.29) is 37.2 Å². The van der Waals surface area contributed by atoms with Gasteiger partial charge in [-0.05, 0) is 80.7 Å². The summed E-state index contributed by atoms with van der Waals surface area (Å²) in [5.41, 5.74) is -1.42. The minimum atomic E-state index is -2.53. The molecular weight excluding hydrogens is 642 g/mol. The van der Waals surface area contributed by atoms with Crippen molar-refractivity contribution in [1.82, 2.24) is 19.9 Å². The molecule has 13 heteroatoms. The van der Waals surface area contributed by atoms with Crippen LogP contribution >= 0.6 is 0 Å². The minimum absolute atomic E-state index is 0.0571. The van der Waals surface area contributed by atoms with Crippen molar-refractivity contribution in [2.45, 2.75) is 58.5 Å². The van der Waals surface area contributed by atoms with Gasteiger partial charge in [0.25, 0.3) is 0 Å². The molecular formula is C36H43F4N5O4. The third kappa shape index (κ3) is 6.98. The molecule has 2 aliphatic heterocycles. The number of likely N-dealkylation sites (tertiary alicyclic amines) is 1. The van der Waals surface area contributed by atoms with Crippen LogP contribution in [0.2, 0.25) is 0 Å². The lowest BCUT2D eigenvalue weighted by molar-refractivity contribution is -0.0679. The molecule has 49 heavy (non-hydrogen) atoms. The number of halogens is 4. The maximum absolute atomic E-state index is 17.0. The Morgan fingerprint density at radius 3 is 2.59 bits per heavy atom. The number of fused-ring (bicyclic) bond motifs is 2. The summed E-state index contributed by atoms with van der Waals surface area (Å²) in [6.45, 7) is 6.83. The summed E-state index contributed by atoms with van der Waals surface area (Å²) in [4.78, 5) is 17.6. The predicted octanol–water partition coefficient (Wildman–Crippen LogP) is 6.62. The van der Waals surface area contributed by atoms with Gasteiger partial charge in [0.2, 0.25) is 6.43 Å². The SMILES string of the molecule is CCc1c(F)ccc2cc(OCOC)cc(-c3ncc4c(N5CCC[C@@](C)(O)C5)nc(OC[C@]5(C)CN(C)CC[C@@H]5C(F)F)nc4c3F)c12. The first-order valence-corrected chi connectivity index (χ1v) is 16.6. The molecule has 0 spiro atoms. The lowest BCUT2D eigenvalue weighted by Crippen LogP contribution is -2.51. The van der Waals surface area contributed by atoms with Crippen molar-refractivity contribution in [3.05, 3.63) is 47.7 Å². The monoisotopic (exact) mass is 685 g/mol. The number of aliphatic hydroxyl groups is 1. The van der Waals surface area contributed by atoms with Gasteiger partial charge in [-0.1, -0.05) is 19.9 Å². The number of hydrogen-bond donors (Lipinski definition) is 1. The van der Waals surface area contributed by atoms with E-state index in [0.29, 0.717) is 84.2 Å². The number of aryl methyl sites for hydroxylation is 1. The zero-order chi connectivity index (χ0) is 35.1. The number of hydrogen-bond acceptors (Lipinski definition) is 9. The van der Waals surface area contributed by atoms with Gasteiger partial charge in [-0.3, -0.25) is 4.98 Å². The average Bonchev–Trinajstić information content (AvgIpc) is 3.05. The maximum Gasteiger partial charge on any atom is 0.319 e. The number of aromatic nitrogens is 3. The summed E-state index contributed by atoms with van der Waals surface area (Å²) in [7, 11) is 3.36. The van der Waals surface area contributed by atoms with E-state index < -0.39 is 35.0 Å². The van der Waals surface area contributed by atoms with Crippen LogP contribution in [0.4, 0.5) is 23.4 Å². The number of nitrogens with zero attached hydrogens (tertiary/aromatic N) is 5. The molecule has 0 saturated carbocycles. The smallest absolute Gasteiger partial charge is 0.319 e. The van der Waals surface area contributed by atoms with Crippen LogP contribution in [0.3, 0.4) is 0 Å². The minimum Gasteiger partial charge on any atom is -0.468 e. The third-order valence-corrected chi connectivity index (χ3v) is 9.90. The summed E-state index contributed by atoms with van der Waals surface area (Å²) in [6, 6.07) is 6.14. The first-order chi connectivity index (χ1) is 23.3. The number of piperidine rings is 2. The van der Waals surface area contributed by atoms with E-state index in [1.807, 2.05) is 23.8 Å². The van der Waals surface area contributed by atoms with Crippen LogP contribution in [-0.2, 0) is 11.2 Å². The molecule has 0 amide bonds. The van der Waals surface area contributed by atoms with E-state index in [0.717, 1.165) is 0 Å². The van der Waals surface area contributed by atoms with Crippen molar-refractivity contribution < 1.29 is 36.9 Å². The van der Waals surface area contributed by atoms with Crippen LogP contribution in [0.15, 0.2) is 30.5 Å². The molecule has 2 aromatic heterocycles. The fraction of sp³-hybridized carbons (Fsp3) is 0.528. The summed E-state index contributed by atoms with van der Waals surface area (Å²) in [5.74, 6) is -1.43. The number of methoxy groups -OCH3 is 1. The predicted molar refractivity (Wildman–Crippen MR) is 179 cm³/mol. The molecule has 2 aromatic carbocycles. The van der Waals surface area contributed by atoms with Crippen LogP contribution < -0.4 is 14.4 Å². The molecule has 6 rings (SSSR count). The van der Waals surface area contributed by atoms with E-state index >= 15 is 8.78 Å². The molecule has 2 fully saturated rings. The summed E-state index contributed by atoms with van der Waals surface area (Å²) in [5, 5.41) is 12.3. The highest BCUT2D eigenvalue weighted by Gasteiger charge is 2.44. The molecule has 0 unspecified atom stereocenters. The van der Waals surface area contributed by atoms with Crippen molar-refractivity contribution in [3.63, 3.8) is 0 Å². The van der Waals surface area contributed by atoms with Crippen LogP contribution in [0.25, 0.3) is 32.9 Å². The molecule has 3 atom stereocenters. The van der Waals surface area contributed by atoms with Gasteiger partial charge in [0.15, 0.2) is 12.6 Å². The molecule has 0 radical (unpaired) electrons. The largest absolute Gasteiger partial charge is 0.468 e. The van der Waals surface area contributed by atoms with Crippen molar-refractivity contribution in [2.75, 3.05) is 58.6 Å². The van der Waals surface area contributed by atoms with Gasteiger partial charge >= 0.3 is 6.01 Å². The second-order valence-electron chi connectivity index (χ2n) is 13.9. The van der Waals surface area contributed by atoms with E-state index in [1.54, 1.807) is 32.0 Å². The number of pyridine rings is 1. The molecule has 2 aliphatic rings. The standard InChI is InChI=1S/C36H43F4N5O4/c1-6-23-27(37)9-8-21-14-22(49-20-47-5)15-24(28(21)23)30-29(38)31-25(16-41-30)33(45-12-7-11-36(3,46)18-45)43-34(42-31)48-19-35(2)17-44(4)13-10-26(35)32(39)40/h8-9,14-16,26,32,46H,6-7,10-13,17-20H2,1-5H3/t26-,35+,36-/m1/s1. The number of rotatable bonds is 10. The maximum atomic E-state index is 17.0. The number of ether oxygens (including phenoxy) is 3. The van der Waals surface area contributed by atoms with Crippen molar-refractivity contribution in [2.24, 2.45) is 11.3 Å². The summed E-state index contributed by atoms with van der Waals surface area (Å²) in [6.07, 6.45) is 0.836. The second kappa shape index (κ2) is 13.8. The highest BCUT2D eigenvalue weighted by Crippen LogP contribution is 2.42. The number of β-amino-alcohol motifs (C(OH)–C–C–N with tert-alkyl or cyclic N) is 1. The molecule has 0 bridgehead atoms. The van der Waals surface area contributed by atoms with Crippen molar-refractivity contribution in [3.8, 4) is 23.0 Å². The molecule has 264 valence electrons. The Kier molecular flexibility index (Phi) is 9.89. The van der Waals surface area contributed by atoms with Crippen LogP contribution in [0, 0.1) is 23.0 Å². The highest BCUT2D eigenvalue weighted by atomic mass is 19.3. The van der Waals surface area contributed by atoms with E-state index in [9.17, 15) is 13.9 Å². The van der Waals surface area contributed by atoms with Gasteiger partial charge < -0.3 is 29.1 Å². The van der Waals surface area contributed by atoms with Gasteiger partial charge in [-0.25, -0.2) is 17.6 Å². The van der Waals surface area contributed by atoms with Gasteiger partial charge in [0.1, 0.15) is 28.6 Å². The number of anilines is 1. The Balaban J connectivity index is 1.52. The van der Waals surface area contributed by atoms with E-state index in [2.05, 4.69) is 15.0 Å². The first kappa shape index (κ1) is 35.0. The van der Waals surface area contributed by atoms with Crippen molar-refractivity contribution in [1.29, 1.82) is 0 Å². The zero-order valence-corrected chi connectivity index (χ0v) is 28.5. The third-order valence-electron chi connectivity index (χ3n) is 9.90. The van der Waals surface area contributed by atoms with Gasteiger partial charge in [-0.15, -0.1) is 0 Å². The lowest BCUT2D eigenvalue weighted by atomic mass is 9.73.